The van der Waals surface area contributed by atoms with E-state index < -0.39 is 6.10 Å². The van der Waals surface area contributed by atoms with Gasteiger partial charge in [0, 0.05) is 16.8 Å². The van der Waals surface area contributed by atoms with Crippen molar-refractivity contribution in [3.05, 3.63) is 47.1 Å². The Balaban J connectivity index is 1.59. The predicted molar refractivity (Wildman–Crippen MR) is 118 cm³/mol. The third-order valence-corrected chi connectivity index (χ3v) is 6.40. The number of benzene rings is 1. The van der Waals surface area contributed by atoms with Crippen molar-refractivity contribution in [3.8, 4) is 17.0 Å². The maximum Gasteiger partial charge on any atom is 0.253 e. The molecule has 2 fully saturated rings. The molecule has 0 bridgehead atoms. The van der Waals surface area contributed by atoms with Crippen molar-refractivity contribution in [2.45, 2.75) is 76.0 Å². The molecular weight excluding hydrogens is 400 g/mol. The number of aliphatic hydroxyl groups is 1. The van der Waals surface area contributed by atoms with Gasteiger partial charge in [-0.2, -0.15) is 0 Å². The summed E-state index contributed by atoms with van der Waals surface area (Å²) in [5.41, 5.74) is 2.16. The van der Waals surface area contributed by atoms with Crippen LogP contribution in [0.25, 0.3) is 11.1 Å². The molecule has 2 aromatic rings. The lowest BCUT2D eigenvalue weighted by Gasteiger charge is -2.28. The highest BCUT2D eigenvalue weighted by Crippen LogP contribution is 2.33. The van der Waals surface area contributed by atoms with Crippen LogP contribution in [0.5, 0.6) is 5.88 Å². The zero-order valence-electron chi connectivity index (χ0n) is 17.1. The number of ether oxygens (including phenoxy) is 1. The molecule has 2 saturated carbocycles. The van der Waals surface area contributed by atoms with E-state index in [2.05, 4.69) is 10.3 Å². The van der Waals surface area contributed by atoms with Crippen molar-refractivity contribution in [2.24, 2.45) is 0 Å². The molecular formula is C24H29ClN2O3. The minimum Gasteiger partial charge on any atom is -0.474 e. The number of hydrogen-bond donors (Lipinski definition) is 2. The molecule has 0 radical (unpaired) electrons. The quantitative estimate of drug-likeness (QED) is 0.691. The summed E-state index contributed by atoms with van der Waals surface area (Å²) < 4.78 is 6.26. The fourth-order valence-corrected chi connectivity index (χ4v) is 4.50. The molecule has 0 spiro atoms. The normalized spacial score (nSPS) is 22.5. The van der Waals surface area contributed by atoms with Crippen molar-refractivity contribution in [1.29, 1.82) is 0 Å². The van der Waals surface area contributed by atoms with Gasteiger partial charge in [-0.05, 0) is 62.3 Å². The summed E-state index contributed by atoms with van der Waals surface area (Å²) in [5, 5.41) is 13.8. The highest BCUT2D eigenvalue weighted by molar-refractivity contribution is 6.30. The van der Waals surface area contributed by atoms with Gasteiger partial charge in [-0.25, -0.2) is 4.98 Å². The van der Waals surface area contributed by atoms with Gasteiger partial charge in [0.25, 0.3) is 5.91 Å². The molecule has 2 atom stereocenters. The number of pyridine rings is 1. The molecule has 4 rings (SSSR count). The average molecular weight is 429 g/mol. The first-order valence-corrected chi connectivity index (χ1v) is 11.4. The summed E-state index contributed by atoms with van der Waals surface area (Å²) in [6, 6.07) is 9.11. The van der Waals surface area contributed by atoms with E-state index in [1.54, 1.807) is 6.20 Å². The van der Waals surface area contributed by atoms with Crippen LogP contribution in [-0.2, 0) is 0 Å². The SMILES string of the molecule is O=C(NC1CCCC[C@H]1O)c1cnc(OC2CCCCC2)c(-c2ccc(Cl)cc2)c1. The zero-order chi connectivity index (χ0) is 20.9. The van der Waals surface area contributed by atoms with Gasteiger partial charge >= 0.3 is 0 Å². The predicted octanol–water partition coefficient (Wildman–Crippen LogP) is 5.15. The Hall–Kier alpha value is -2.11. The minimum absolute atomic E-state index is 0.161. The minimum atomic E-state index is -0.486. The number of carbonyl (C=O) groups is 1. The maximum atomic E-state index is 12.9. The number of aromatic nitrogens is 1. The maximum absolute atomic E-state index is 12.9. The number of nitrogens with one attached hydrogen (secondary N) is 1. The van der Waals surface area contributed by atoms with Gasteiger partial charge in [0.2, 0.25) is 5.88 Å². The second-order valence-corrected chi connectivity index (χ2v) is 8.83. The second-order valence-electron chi connectivity index (χ2n) is 8.39. The topological polar surface area (TPSA) is 71.5 Å². The fraction of sp³-hybridized carbons (Fsp3) is 0.500. The zero-order valence-corrected chi connectivity index (χ0v) is 17.9. The van der Waals surface area contributed by atoms with Gasteiger partial charge < -0.3 is 15.2 Å². The number of hydrogen-bond acceptors (Lipinski definition) is 4. The van der Waals surface area contributed by atoms with E-state index >= 15 is 0 Å². The molecule has 2 aliphatic rings. The number of halogens is 1. The van der Waals surface area contributed by atoms with Gasteiger partial charge in [-0.3, -0.25) is 4.79 Å². The summed E-state index contributed by atoms with van der Waals surface area (Å²) in [7, 11) is 0. The average Bonchev–Trinajstić information content (AvgIpc) is 2.77. The highest BCUT2D eigenvalue weighted by Gasteiger charge is 2.26. The summed E-state index contributed by atoms with van der Waals surface area (Å²) in [6.45, 7) is 0. The monoisotopic (exact) mass is 428 g/mol. The van der Waals surface area contributed by atoms with Crippen LogP contribution in [0.1, 0.15) is 68.1 Å². The number of aliphatic hydroxyl groups excluding tert-OH is 1. The smallest absolute Gasteiger partial charge is 0.253 e. The lowest BCUT2D eigenvalue weighted by molar-refractivity contribution is 0.0717. The summed E-state index contributed by atoms with van der Waals surface area (Å²) >= 11 is 6.06. The van der Waals surface area contributed by atoms with E-state index in [0.717, 1.165) is 49.7 Å². The van der Waals surface area contributed by atoms with E-state index in [4.69, 9.17) is 16.3 Å². The molecule has 1 heterocycles. The van der Waals surface area contributed by atoms with Crippen LogP contribution >= 0.6 is 11.6 Å². The van der Waals surface area contributed by atoms with Crippen molar-refractivity contribution in [3.63, 3.8) is 0 Å². The molecule has 1 amide bonds. The van der Waals surface area contributed by atoms with Crippen LogP contribution in [-0.4, -0.2) is 34.2 Å². The molecule has 1 unspecified atom stereocenters. The lowest BCUT2D eigenvalue weighted by atomic mass is 9.92. The van der Waals surface area contributed by atoms with Gasteiger partial charge in [-0.15, -0.1) is 0 Å². The Morgan fingerprint density at radius 1 is 1.03 bits per heavy atom. The first-order chi connectivity index (χ1) is 14.6. The standard InChI is InChI=1S/C24H29ClN2O3/c25-18-12-10-16(11-13-18)20-14-17(23(29)27-21-8-4-5-9-22(21)28)15-26-24(20)30-19-6-2-1-3-7-19/h10-15,19,21-22,28H,1-9H2,(H,27,29)/t21?,22-/m1/s1. The Bertz CT molecular complexity index is 865. The van der Waals surface area contributed by atoms with Crippen LogP contribution in [0.15, 0.2) is 36.5 Å². The van der Waals surface area contributed by atoms with Gasteiger partial charge in [0.1, 0.15) is 6.10 Å². The first-order valence-electron chi connectivity index (χ1n) is 11.0. The molecule has 0 aliphatic heterocycles. The van der Waals surface area contributed by atoms with E-state index in [0.29, 0.717) is 16.5 Å². The van der Waals surface area contributed by atoms with Gasteiger partial charge in [0.05, 0.1) is 17.7 Å². The van der Waals surface area contributed by atoms with Gasteiger partial charge in [0.15, 0.2) is 0 Å². The van der Waals surface area contributed by atoms with E-state index in [9.17, 15) is 9.90 Å². The Labute approximate surface area is 182 Å². The Kier molecular flexibility index (Phi) is 6.90. The Morgan fingerprint density at radius 3 is 2.47 bits per heavy atom. The third kappa shape index (κ3) is 5.13. The number of amides is 1. The summed E-state index contributed by atoms with van der Waals surface area (Å²) in [6.07, 6.45) is 10.5. The fourth-order valence-electron chi connectivity index (χ4n) is 4.38. The molecule has 160 valence electrons. The first kappa shape index (κ1) is 21.1. The largest absolute Gasteiger partial charge is 0.474 e. The molecule has 0 saturated heterocycles. The molecule has 1 aromatic carbocycles. The molecule has 2 N–H and O–H groups in total. The van der Waals surface area contributed by atoms with Crippen molar-refractivity contribution >= 4 is 17.5 Å². The molecule has 1 aromatic heterocycles. The number of nitrogens with zero attached hydrogens (tertiary/aromatic N) is 1. The van der Waals surface area contributed by atoms with E-state index in [-0.39, 0.29) is 18.1 Å². The molecule has 5 nitrogen and oxygen atoms in total. The lowest BCUT2D eigenvalue weighted by Crippen LogP contribution is -2.45. The van der Waals surface area contributed by atoms with Crippen molar-refractivity contribution in [2.75, 3.05) is 0 Å². The van der Waals surface area contributed by atoms with Crippen molar-refractivity contribution in [1.82, 2.24) is 10.3 Å². The van der Waals surface area contributed by atoms with Crippen LogP contribution in [0.4, 0.5) is 0 Å². The van der Waals surface area contributed by atoms with Crippen LogP contribution in [0.2, 0.25) is 5.02 Å². The van der Waals surface area contributed by atoms with Gasteiger partial charge in [-0.1, -0.05) is 43.0 Å². The van der Waals surface area contributed by atoms with Crippen LogP contribution < -0.4 is 10.1 Å². The summed E-state index contributed by atoms with van der Waals surface area (Å²) in [5.74, 6) is 0.339. The molecule has 30 heavy (non-hydrogen) atoms. The number of carbonyl (C=O) groups excluding carboxylic acids is 1. The van der Waals surface area contributed by atoms with E-state index in [1.165, 1.54) is 19.3 Å². The second kappa shape index (κ2) is 9.80. The number of rotatable bonds is 5. The summed E-state index contributed by atoms with van der Waals surface area (Å²) in [4.78, 5) is 17.4. The third-order valence-electron chi connectivity index (χ3n) is 6.15. The molecule has 6 heteroatoms. The van der Waals surface area contributed by atoms with Crippen LogP contribution in [0, 0.1) is 0 Å². The van der Waals surface area contributed by atoms with Crippen molar-refractivity contribution < 1.29 is 14.6 Å². The molecule has 2 aliphatic carbocycles. The Morgan fingerprint density at radius 2 is 1.73 bits per heavy atom. The van der Waals surface area contributed by atoms with E-state index in [1.807, 2.05) is 30.3 Å². The highest BCUT2D eigenvalue weighted by atomic mass is 35.5. The van der Waals surface area contributed by atoms with Crippen LogP contribution in [0.3, 0.4) is 0 Å².